The number of carbonyl (C=O) groups is 3. The molecule has 9 nitrogen and oxygen atoms in total. The molecule has 0 atom stereocenters. The summed E-state index contributed by atoms with van der Waals surface area (Å²) in [5.41, 5.74) is 5.42. The molecule has 0 fully saturated rings. The minimum atomic E-state index is -0.895. The Morgan fingerprint density at radius 1 is 0.895 bits per heavy atom. The highest BCUT2D eigenvalue weighted by Crippen LogP contribution is 2.18. The van der Waals surface area contributed by atoms with Crippen molar-refractivity contribution < 1.29 is 23.9 Å². The Kier molecular flexibility index (Phi) is 10.4. The maximum absolute atomic E-state index is 12.3. The number of anilines is 1. The number of ether oxygens (including phenoxy) is 2. The van der Waals surface area contributed by atoms with Crippen molar-refractivity contribution >= 4 is 29.6 Å². The number of rotatable bonds is 11. The van der Waals surface area contributed by atoms with E-state index >= 15 is 0 Å². The second kappa shape index (κ2) is 14.2. The first-order valence-electron chi connectivity index (χ1n) is 12.3. The highest BCUT2D eigenvalue weighted by atomic mass is 16.5. The topological polar surface area (TPSA) is 118 Å². The normalized spacial score (nSPS) is 10.7. The van der Waals surface area contributed by atoms with E-state index in [9.17, 15) is 14.4 Å². The van der Waals surface area contributed by atoms with Crippen LogP contribution in [0.4, 0.5) is 5.69 Å². The minimum Gasteiger partial charge on any atom is -0.494 e. The second-order valence-electron chi connectivity index (χ2n) is 8.61. The zero-order valence-electron chi connectivity index (χ0n) is 21.7. The molecule has 0 aliphatic carbocycles. The molecule has 0 radical (unpaired) electrons. The number of nitrogens with zero attached hydrogens (tertiary/aromatic N) is 1. The maximum Gasteiger partial charge on any atom is 0.329 e. The van der Waals surface area contributed by atoms with E-state index in [0.717, 1.165) is 11.3 Å². The average molecular weight is 517 g/mol. The molecule has 0 unspecified atom stereocenters. The number of para-hydroxylation sites is 1. The third-order valence-electron chi connectivity index (χ3n) is 5.40. The molecule has 0 aromatic heterocycles. The Balaban J connectivity index is 1.46. The molecule has 3 N–H and O–H groups in total. The first kappa shape index (κ1) is 27.9. The monoisotopic (exact) mass is 516 g/mol. The van der Waals surface area contributed by atoms with Crippen LogP contribution in [0, 0.1) is 0 Å². The summed E-state index contributed by atoms with van der Waals surface area (Å²) in [5, 5.41) is 9.17. The van der Waals surface area contributed by atoms with Crippen LogP contribution < -0.4 is 25.5 Å². The van der Waals surface area contributed by atoms with Gasteiger partial charge in [0.25, 0.3) is 5.91 Å². The molecule has 38 heavy (non-hydrogen) atoms. The predicted octanol–water partition coefficient (Wildman–Crippen LogP) is 3.99. The summed E-state index contributed by atoms with van der Waals surface area (Å²) in [7, 11) is 0. The lowest BCUT2D eigenvalue weighted by atomic mass is 10.0. The number of hydrogen-bond donors (Lipinski definition) is 3. The first-order chi connectivity index (χ1) is 18.4. The summed E-state index contributed by atoms with van der Waals surface area (Å²) in [6.07, 6.45) is 1.34. The molecule has 0 heterocycles. The number of hydrogen-bond acceptors (Lipinski definition) is 6. The molecule has 0 saturated carbocycles. The molecular formula is C29H32N4O5. The van der Waals surface area contributed by atoms with E-state index in [2.05, 4.69) is 35.0 Å². The molecular weight excluding hydrogens is 484 g/mol. The van der Waals surface area contributed by atoms with Crippen molar-refractivity contribution in [2.24, 2.45) is 5.10 Å². The van der Waals surface area contributed by atoms with E-state index in [1.54, 1.807) is 48.5 Å². The summed E-state index contributed by atoms with van der Waals surface area (Å²) in [6, 6.07) is 21.7. The van der Waals surface area contributed by atoms with Crippen molar-refractivity contribution in [1.82, 2.24) is 10.7 Å². The van der Waals surface area contributed by atoms with Gasteiger partial charge in [0.2, 0.25) is 0 Å². The molecule has 0 aliphatic heterocycles. The van der Waals surface area contributed by atoms with Crippen LogP contribution in [0.15, 0.2) is 77.9 Å². The van der Waals surface area contributed by atoms with Crippen molar-refractivity contribution in [1.29, 1.82) is 0 Å². The second-order valence-corrected chi connectivity index (χ2v) is 8.61. The number of benzene rings is 3. The fourth-order valence-corrected chi connectivity index (χ4v) is 3.35. The van der Waals surface area contributed by atoms with E-state index in [-0.39, 0.29) is 19.1 Å². The van der Waals surface area contributed by atoms with Crippen LogP contribution in [-0.2, 0) is 20.9 Å². The van der Waals surface area contributed by atoms with Gasteiger partial charge in [0.15, 0.2) is 6.61 Å². The van der Waals surface area contributed by atoms with E-state index in [1.165, 1.54) is 11.8 Å². The highest BCUT2D eigenvalue weighted by Gasteiger charge is 2.12. The smallest absolute Gasteiger partial charge is 0.329 e. The summed E-state index contributed by atoms with van der Waals surface area (Å²) in [6.45, 7) is 6.66. The van der Waals surface area contributed by atoms with Crippen molar-refractivity contribution in [3.8, 4) is 11.5 Å². The van der Waals surface area contributed by atoms with Gasteiger partial charge < -0.3 is 20.1 Å². The van der Waals surface area contributed by atoms with Crippen molar-refractivity contribution in [2.75, 3.05) is 18.5 Å². The molecule has 3 amide bonds. The van der Waals surface area contributed by atoms with Crippen LogP contribution in [-0.4, -0.2) is 37.1 Å². The molecule has 0 saturated heterocycles. The maximum atomic E-state index is 12.3. The zero-order chi connectivity index (χ0) is 27.3. The average Bonchev–Trinajstić information content (AvgIpc) is 2.92. The first-order valence-corrected chi connectivity index (χ1v) is 12.3. The Labute approximate surface area is 222 Å². The van der Waals surface area contributed by atoms with Gasteiger partial charge in [0.1, 0.15) is 11.5 Å². The molecule has 3 rings (SSSR count). The van der Waals surface area contributed by atoms with Gasteiger partial charge in [-0.25, -0.2) is 5.43 Å². The van der Waals surface area contributed by atoms with Gasteiger partial charge in [-0.1, -0.05) is 50.2 Å². The molecule has 9 heteroatoms. The SMILES string of the molecule is CCOc1ccc(NC(=O)COc2ccccc2/C=N\NC(=O)C(=O)NCc2ccc(C(C)C)cc2)cc1. The van der Waals surface area contributed by atoms with Crippen LogP contribution >= 0.6 is 0 Å². The summed E-state index contributed by atoms with van der Waals surface area (Å²) in [5.74, 6) is -0.514. The quantitative estimate of drug-likeness (QED) is 0.202. The van der Waals surface area contributed by atoms with E-state index in [0.29, 0.717) is 29.5 Å². The lowest BCUT2D eigenvalue weighted by Gasteiger charge is -2.10. The van der Waals surface area contributed by atoms with Gasteiger partial charge in [-0.15, -0.1) is 0 Å². The Hall–Kier alpha value is -4.66. The van der Waals surface area contributed by atoms with Gasteiger partial charge in [0, 0.05) is 17.8 Å². The fourth-order valence-electron chi connectivity index (χ4n) is 3.35. The van der Waals surface area contributed by atoms with E-state index in [1.807, 2.05) is 31.2 Å². The standard InChI is InChI=1S/C29H32N4O5/c1-4-37-25-15-13-24(14-16-25)32-27(34)19-38-26-8-6-5-7-23(26)18-31-33-29(36)28(35)30-17-21-9-11-22(12-10-21)20(2)3/h5-16,18,20H,4,17,19H2,1-3H3,(H,30,35)(H,32,34)(H,33,36)/b31-18-. The Morgan fingerprint density at radius 2 is 1.61 bits per heavy atom. The van der Waals surface area contributed by atoms with Crippen LogP contribution in [0.1, 0.15) is 43.4 Å². The predicted molar refractivity (Wildman–Crippen MR) is 146 cm³/mol. The zero-order valence-corrected chi connectivity index (χ0v) is 21.7. The van der Waals surface area contributed by atoms with Gasteiger partial charge in [0.05, 0.1) is 12.8 Å². The van der Waals surface area contributed by atoms with Crippen LogP contribution in [0.2, 0.25) is 0 Å². The third kappa shape index (κ3) is 8.77. The molecule has 3 aromatic carbocycles. The third-order valence-corrected chi connectivity index (χ3v) is 5.40. The number of hydrazone groups is 1. The van der Waals surface area contributed by atoms with Crippen molar-refractivity contribution in [3.63, 3.8) is 0 Å². The van der Waals surface area contributed by atoms with E-state index in [4.69, 9.17) is 9.47 Å². The molecule has 0 bridgehead atoms. The van der Waals surface area contributed by atoms with Gasteiger partial charge >= 0.3 is 11.8 Å². The largest absolute Gasteiger partial charge is 0.494 e. The summed E-state index contributed by atoms with van der Waals surface area (Å²) in [4.78, 5) is 36.5. The summed E-state index contributed by atoms with van der Waals surface area (Å²) < 4.78 is 11.0. The minimum absolute atomic E-state index is 0.226. The molecule has 0 spiro atoms. The van der Waals surface area contributed by atoms with E-state index < -0.39 is 11.8 Å². The van der Waals surface area contributed by atoms with Crippen LogP contribution in [0.5, 0.6) is 11.5 Å². The highest BCUT2D eigenvalue weighted by molar-refractivity contribution is 6.35. The van der Waals surface area contributed by atoms with Crippen molar-refractivity contribution in [2.45, 2.75) is 33.2 Å². The number of nitrogens with one attached hydrogen (secondary N) is 3. The Morgan fingerprint density at radius 3 is 2.29 bits per heavy atom. The lowest BCUT2D eigenvalue weighted by molar-refractivity contribution is -0.139. The number of carbonyl (C=O) groups excluding carboxylic acids is 3. The van der Waals surface area contributed by atoms with Crippen LogP contribution in [0.3, 0.4) is 0 Å². The molecule has 0 aliphatic rings. The molecule has 198 valence electrons. The van der Waals surface area contributed by atoms with Crippen molar-refractivity contribution in [3.05, 3.63) is 89.5 Å². The summed E-state index contributed by atoms with van der Waals surface area (Å²) >= 11 is 0. The fraction of sp³-hybridized carbons (Fsp3) is 0.241. The van der Waals surface area contributed by atoms with Crippen LogP contribution in [0.25, 0.3) is 0 Å². The van der Waals surface area contributed by atoms with Gasteiger partial charge in [-0.05, 0) is 60.4 Å². The van der Waals surface area contributed by atoms with Gasteiger partial charge in [-0.2, -0.15) is 5.10 Å². The Bertz CT molecular complexity index is 1250. The lowest BCUT2D eigenvalue weighted by Crippen LogP contribution is -2.37. The number of amides is 3. The molecule has 3 aromatic rings. The van der Waals surface area contributed by atoms with Gasteiger partial charge in [-0.3, -0.25) is 14.4 Å².